The Morgan fingerprint density at radius 3 is 3.15 bits per heavy atom. The molecule has 1 fully saturated rings. The van der Waals surface area contributed by atoms with Gasteiger partial charge in [0.05, 0.1) is 11.8 Å². The molecule has 1 atom stereocenters. The predicted octanol–water partition coefficient (Wildman–Crippen LogP) is 0.930. The second kappa shape index (κ2) is 3.30. The fourth-order valence-electron chi connectivity index (χ4n) is 1.58. The van der Waals surface area contributed by atoms with Gasteiger partial charge in [-0.25, -0.2) is 4.98 Å². The van der Waals surface area contributed by atoms with E-state index in [-0.39, 0.29) is 11.7 Å². The second-order valence-electron chi connectivity index (χ2n) is 3.26. The summed E-state index contributed by atoms with van der Waals surface area (Å²) >= 11 is 0. The molecule has 1 aliphatic heterocycles. The molecule has 4 nitrogen and oxygen atoms in total. The van der Waals surface area contributed by atoms with Gasteiger partial charge in [-0.15, -0.1) is 0 Å². The maximum Gasteiger partial charge on any atom is 0.251 e. The third kappa shape index (κ3) is 1.78. The van der Waals surface area contributed by atoms with Gasteiger partial charge < -0.3 is 9.72 Å². The van der Waals surface area contributed by atoms with Crippen molar-refractivity contribution in [2.45, 2.75) is 25.9 Å². The van der Waals surface area contributed by atoms with E-state index in [2.05, 4.69) is 9.97 Å². The Balaban J connectivity index is 2.33. The van der Waals surface area contributed by atoms with Crippen molar-refractivity contribution in [3.63, 3.8) is 0 Å². The summed E-state index contributed by atoms with van der Waals surface area (Å²) in [4.78, 5) is 18.0. The third-order valence-corrected chi connectivity index (χ3v) is 2.14. The highest BCUT2D eigenvalue weighted by Crippen LogP contribution is 2.25. The van der Waals surface area contributed by atoms with Gasteiger partial charge in [0.15, 0.2) is 0 Å². The lowest BCUT2D eigenvalue weighted by Gasteiger charge is -2.07. The summed E-state index contributed by atoms with van der Waals surface area (Å²) in [5.74, 6) is 0.651. The molecule has 0 amide bonds. The van der Waals surface area contributed by atoms with E-state index in [4.69, 9.17) is 4.74 Å². The molecule has 0 unspecified atom stereocenters. The van der Waals surface area contributed by atoms with Gasteiger partial charge >= 0.3 is 0 Å². The van der Waals surface area contributed by atoms with Crippen molar-refractivity contribution in [1.29, 1.82) is 0 Å². The quantitative estimate of drug-likeness (QED) is 0.699. The average Bonchev–Trinajstić information content (AvgIpc) is 2.53. The van der Waals surface area contributed by atoms with Crippen LogP contribution in [0.3, 0.4) is 0 Å². The van der Waals surface area contributed by atoms with E-state index in [1.165, 1.54) is 6.07 Å². The lowest BCUT2D eigenvalue weighted by molar-refractivity contribution is 0.108. The molecule has 0 radical (unpaired) electrons. The van der Waals surface area contributed by atoms with Crippen molar-refractivity contribution in [3.05, 3.63) is 27.9 Å². The van der Waals surface area contributed by atoms with Gasteiger partial charge in [-0.3, -0.25) is 4.79 Å². The zero-order chi connectivity index (χ0) is 9.26. The molecule has 1 saturated heterocycles. The number of rotatable bonds is 1. The molecule has 1 aliphatic rings. The van der Waals surface area contributed by atoms with Crippen LogP contribution < -0.4 is 5.56 Å². The number of hydrogen-bond donors (Lipinski definition) is 1. The van der Waals surface area contributed by atoms with Crippen LogP contribution >= 0.6 is 0 Å². The maximum absolute atomic E-state index is 11.1. The molecular formula is C9H12N2O2. The Labute approximate surface area is 76.0 Å². The van der Waals surface area contributed by atoms with Gasteiger partial charge in [0, 0.05) is 12.7 Å². The van der Waals surface area contributed by atoms with Crippen LogP contribution in [0.25, 0.3) is 0 Å². The molecular weight excluding hydrogens is 168 g/mol. The highest BCUT2D eigenvalue weighted by Gasteiger charge is 2.19. The van der Waals surface area contributed by atoms with E-state index in [1.54, 1.807) is 6.92 Å². The first-order valence-corrected chi connectivity index (χ1v) is 4.45. The van der Waals surface area contributed by atoms with E-state index in [0.29, 0.717) is 5.82 Å². The zero-order valence-corrected chi connectivity index (χ0v) is 7.54. The van der Waals surface area contributed by atoms with E-state index in [0.717, 1.165) is 25.1 Å². The monoisotopic (exact) mass is 180 g/mol. The van der Waals surface area contributed by atoms with Crippen molar-refractivity contribution < 1.29 is 4.74 Å². The lowest BCUT2D eigenvalue weighted by atomic mass is 10.2. The van der Waals surface area contributed by atoms with E-state index < -0.39 is 0 Å². The summed E-state index contributed by atoms with van der Waals surface area (Å²) in [6.07, 6.45) is 2.05. The van der Waals surface area contributed by atoms with Crippen molar-refractivity contribution in [2.24, 2.45) is 0 Å². The Bertz CT molecular complexity index is 353. The first-order chi connectivity index (χ1) is 6.25. The molecule has 0 spiro atoms. The van der Waals surface area contributed by atoms with Crippen LogP contribution in [0.15, 0.2) is 10.9 Å². The minimum Gasteiger partial charge on any atom is -0.372 e. The highest BCUT2D eigenvalue weighted by atomic mass is 16.5. The molecule has 0 bridgehead atoms. The van der Waals surface area contributed by atoms with Gasteiger partial charge in [0.25, 0.3) is 5.56 Å². The normalized spacial score (nSPS) is 22.1. The van der Waals surface area contributed by atoms with Crippen LogP contribution in [-0.4, -0.2) is 16.6 Å². The largest absolute Gasteiger partial charge is 0.372 e. The number of ether oxygens (including phenoxy) is 1. The van der Waals surface area contributed by atoms with Gasteiger partial charge in [-0.1, -0.05) is 0 Å². The summed E-state index contributed by atoms with van der Waals surface area (Å²) in [7, 11) is 0. The number of aromatic amines is 1. The van der Waals surface area contributed by atoms with E-state index in [1.807, 2.05) is 0 Å². The van der Waals surface area contributed by atoms with Gasteiger partial charge in [0.1, 0.15) is 5.82 Å². The van der Waals surface area contributed by atoms with Crippen LogP contribution in [0.2, 0.25) is 0 Å². The highest BCUT2D eigenvalue weighted by molar-refractivity contribution is 5.06. The smallest absolute Gasteiger partial charge is 0.251 e. The lowest BCUT2D eigenvalue weighted by Crippen LogP contribution is -2.12. The number of aryl methyl sites for hydroxylation is 1. The second-order valence-corrected chi connectivity index (χ2v) is 3.26. The molecule has 0 saturated carbocycles. The molecule has 13 heavy (non-hydrogen) atoms. The van der Waals surface area contributed by atoms with Crippen LogP contribution in [-0.2, 0) is 4.74 Å². The fraction of sp³-hybridized carbons (Fsp3) is 0.556. The number of aromatic nitrogens is 2. The molecule has 70 valence electrons. The zero-order valence-electron chi connectivity index (χ0n) is 7.54. The molecule has 2 rings (SSSR count). The maximum atomic E-state index is 11.1. The summed E-state index contributed by atoms with van der Waals surface area (Å²) in [6, 6.07) is 1.52. The van der Waals surface area contributed by atoms with Crippen LogP contribution in [0.1, 0.15) is 30.5 Å². The Morgan fingerprint density at radius 2 is 2.54 bits per heavy atom. The first kappa shape index (κ1) is 8.44. The van der Waals surface area contributed by atoms with Crippen LogP contribution in [0.4, 0.5) is 0 Å². The summed E-state index contributed by atoms with van der Waals surface area (Å²) in [5, 5.41) is 0. The topological polar surface area (TPSA) is 55.0 Å². The van der Waals surface area contributed by atoms with Crippen LogP contribution in [0.5, 0.6) is 0 Å². The number of nitrogens with one attached hydrogen (secondary N) is 1. The van der Waals surface area contributed by atoms with Crippen molar-refractivity contribution in [2.75, 3.05) is 6.61 Å². The Morgan fingerprint density at radius 1 is 1.69 bits per heavy atom. The number of nitrogens with zero attached hydrogens (tertiary/aromatic N) is 1. The summed E-state index contributed by atoms with van der Waals surface area (Å²) in [5.41, 5.74) is 0.664. The van der Waals surface area contributed by atoms with Crippen molar-refractivity contribution in [3.8, 4) is 0 Å². The van der Waals surface area contributed by atoms with Gasteiger partial charge in [-0.2, -0.15) is 0 Å². The average molecular weight is 180 g/mol. The van der Waals surface area contributed by atoms with Crippen LogP contribution in [0, 0.1) is 6.92 Å². The van der Waals surface area contributed by atoms with E-state index >= 15 is 0 Å². The fourth-order valence-corrected chi connectivity index (χ4v) is 1.58. The Kier molecular flexibility index (Phi) is 2.14. The minimum absolute atomic E-state index is 0.0287. The molecule has 1 aromatic heterocycles. The molecule has 0 aromatic carbocycles. The standard InChI is InChI=1S/C9H12N2O2/c1-6-10-7(5-9(12)11-6)8-3-2-4-13-8/h5,8H,2-4H2,1H3,(H,10,11,12)/t8-/m1/s1. The van der Waals surface area contributed by atoms with Gasteiger partial charge in [-0.05, 0) is 19.8 Å². The van der Waals surface area contributed by atoms with E-state index in [9.17, 15) is 4.79 Å². The molecule has 1 N–H and O–H groups in total. The SMILES string of the molecule is Cc1nc([C@H]2CCCO2)cc(=O)[nH]1. The number of hydrogen-bond acceptors (Lipinski definition) is 3. The molecule has 0 aliphatic carbocycles. The minimum atomic E-state index is -0.0991. The number of H-pyrrole nitrogens is 1. The molecule has 2 heterocycles. The van der Waals surface area contributed by atoms with Crippen molar-refractivity contribution in [1.82, 2.24) is 9.97 Å². The molecule has 1 aromatic rings. The third-order valence-electron chi connectivity index (χ3n) is 2.14. The van der Waals surface area contributed by atoms with Crippen molar-refractivity contribution >= 4 is 0 Å². The first-order valence-electron chi connectivity index (χ1n) is 4.45. The van der Waals surface area contributed by atoms with Gasteiger partial charge in [0.2, 0.25) is 0 Å². The summed E-state index contributed by atoms with van der Waals surface area (Å²) in [6.45, 7) is 2.55. The Hall–Kier alpha value is -1.16. The summed E-state index contributed by atoms with van der Waals surface area (Å²) < 4.78 is 5.43. The predicted molar refractivity (Wildman–Crippen MR) is 47.5 cm³/mol. The molecule has 4 heteroatoms.